The minimum atomic E-state index is -0.0360. The van der Waals surface area contributed by atoms with Gasteiger partial charge in [0, 0.05) is 17.5 Å². The van der Waals surface area contributed by atoms with Gasteiger partial charge in [0.2, 0.25) is 0 Å². The summed E-state index contributed by atoms with van der Waals surface area (Å²) in [7, 11) is 0. The van der Waals surface area contributed by atoms with Crippen molar-refractivity contribution in [3.63, 3.8) is 0 Å². The molecule has 0 aromatic carbocycles. The maximum absolute atomic E-state index is 13.4. The predicted molar refractivity (Wildman–Crippen MR) is 109 cm³/mol. The van der Waals surface area contributed by atoms with E-state index in [0.29, 0.717) is 0 Å². The Kier molecular flexibility index (Phi) is 4.88. The standard InChI is InChI=1S/C23H37N3O/c1-5-6-7-8-26-19(12-20(25-26)22(2,3)4)21(27)24-23-13-16-9-17(14-23)11-18(10-16)15-23/h12,16-18H,5-11,13-15H2,1-4H3,(H,24,27). The minimum Gasteiger partial charge on any atom is -0.345 e. The number of carbonyl (C=O) groups excluding carboxylic acids is 1. The van der Waals surface area contributed by atoms with Crippen LogP contribution in [-0.4, -0.2) is 21.2 Å². The molecule has 150 valence electrons. The lowest BCUT2D eigenvalue weighted by Crippen LogP contribution is -2.60. The maximum atomic E-state index is 13.4. The lowest BCUT2D eigenvalue weighted by molar-refractivity contribution is -0.0168. The molecule has 0 unspecified atom stereocenters. The number of nitrogens with one attached hydrogen (secondary N) is 1. The molecule has 1 N–H and O–H groups in total. The third-order valence-corrected chi connectivity index (χ3v) is 7.17. The van der Waals surface area contributed by atoms with Crippen LogP contribution >= 0.6 is 0 Å². The van der Waals surface area contributed by atoms with Gasteiger partial charge in [-0.1, -0.05) is 40.5 Å². The fourth-order valence-electron chi connectivity index (χ4n) is 6.22. The van der Waals surface area contributed by atoms with Crippen LogP contribution in [0.3, 0.4) is 0 Å². The number of carbonyl (C=O) groups is 1. The molecule has 4 bridgehead atoms. The number of amides is 1. The molecule has 4 aliphatic carbocycles. The Bertz CT molecular complexity index is 662. The quantitative estimate of drug-likeness (QED) is 0.710. The van der Waals surface area contributed by atoms with Crippen LogP contribution in [0.2, 0.25) is 0 Å². The SMILES string of the molecule is CCCCCn1nc(C(C)(C)C)cc1C(=O)NC12CC3CC(CC(C3)C1)C2. The van der Waals surface area contributed by atoms with Gasteiger partial charge in [0.25, 0.3) is 5.91 Å². The van der Waals surface area contributed by atoms with Crippen molar-refractivity contribution < 1.29 is 4.79 Å². The summed E-state index contributed by atoms with van der Waals surface area (Å²) < 4.78 is 1.98. The summed E-state index contributed by atoms with van der Waals surface area (Å²) in [4.78, 5) is 13.4. The van der Waals surface area contributed by atoms with E-state index in [4.69, 9.17) is 5.10 Å². The molecular formula is C23H37N3O. The average Bonchev–Trinajstić information content (AvgIpc) is 2.98. The van der Waals surface area contributed by atoms with Gasteiger partial charge in [0.05, 0.1) is 5.69 Å². The van der Waals surface area contributed by atoms with E-state index in [1.165, 1.54) is 51.4 Å². The molecule has 1 aromatic heterocycles. The molecule has 0 aliphatic heterocycles. The van der Waals surface area contributed by atoms with Gasteiger partial charge < -0.3 is 5.32 Å². The van der Waals surface area contributed by atoms with E-state index >= 15 is 0 Å². The zero-order chi connectivity index (χ0) is 19.2. The normalized spacial score (nSPS) is 32.1. The first-order chi connectivity index (χ1) is 12.8. The van der Waals surface area contributed by atoms with Crippen molar-refractivity contribution in [2.75, 3.05) is 0 Å². The molecule has 4 fully saturated rings. The number of hydrogen-bond donors (Lipinski definition) is 1. The topological polar surface area (TPSA) is 46.9 Å². The summed E-state index contributed by atoms with van der Waals surface area (Å²) in [6.07, 6.45) is 11.2. The van der Waals surface area contributed by atoms with E-state index < -0.39 is 0 Å². The van der Waals surface area contributed by atoms with Gasteiger partial charge in [0.1, 0.15) is 5.69 Å². The van der Waals surface area contributed by atoms with Crippen LogP contribution in [0.4, 0.5) is 0 Å². The Morgan fingerprint density at radius 2 is 1.74 bits per heavy atom. The summed E-state index contributed by atoms with van der Waals surface area (Å²) in [6, 6.07) is 2.04. The Hall–Kier alpha value is -1.32. The first-order valence-corrected chi connectivity index (χ1v) is 11.2. The monoisotopic (exact) mass is 371 g/mol. The van der Waals surface area contributed by atoms with Crippen LogP contribution in [0.15, 0.2) is 6.07 Å². The summed E-state index contributed by atoms with van der Waals surface area (Å²) >= 11 is 0. The lowest BCUT2D eigenvalue weighted by Gasteiger charge is -2.56. The first kappa shape index (κ1) is 19.0. The molecule has 5 rings (SSSR count). The summed E-state index contributed by atoms with van der Waals surface area (Å²) in [5.74, 6) is 2.64. The third-order valence-electron chi connectivity index (χ3n) is 7.17. The Balaban J connectivity index is 1.54. The van der Waals surface area contributed by atoms with Crippen molar-refractivity contribution in [3.05, 3.63) is 17.5 Å². The zero-order valence-corrected chi connectivity index (χ0v) is 17.7. The largest absolute Gasteiger partial charge is 0.345 e. The van der Waals surface area contributed by atoms with Gasteiger partial charge in [-0.15, -0.1) is 0 Å². The molecule has 0 atom stereocenters. The van der Waals surface area contributed by atoms with Crippen LogP contribution in [-0.2, 0) is 12.0 Å². The molecule has 0 radical (unpaired) electrons. The highest BCUT2D eigenvalue weighted by Gasteiger charge is 2.51. The second kappa shape index (κ2) is 6.93. The highest BCUT2D eigenvalue weighted by molar-refractivity contribution is 5.93. The number of hydrogen-bond acceptors (Lipinski definition) is 2. The molecule has 4 aliphatic rings. The highest BCUT2D eigenvalue weighted by atomic mass is 16.2. The Morgan fingerprint density at radius 3 is 2.26 bits per heavy atom. The maximum Gasteiger partial charge on any atom is 0.269 e. The average molecular weight is 372 g/mol. The van der Waals surface area contributed by atoms with E-state index in [2.05, 4.69) is 33.0 Å². The second-order valence-electron chi connectivity index (χ2n) is 10.7. The number of rotatable bonds is 6. The van der Waals surface area contributed by atoms with Crippen LogP contribution in [0.25, 0.3) is 0 Å². The fraction of sp³-hybridized carbons (Fsp3) is 0.826. The van der Waals surface area contributed by atoms with Crippen molar-refractivity contribution in [3.8, 4) is 0 Å². The van der Waals surface area contributed by atoms with Crippen LogP contribution in [0, 0.1) is 17.8 Å². The molecule has 1 amide bonds. The smallest absolute Gasteiger partial charge is 0.269 e. The van der Waals surface area contributed by atoms with Crippen molar-refractivity contribution in [1.82, 2.24) is 15.1 Å². The molecule has 0 spiro atoms. The van der Waals surface area contributed by atoms with Gasteiger partial charge in [-0.2, -0.15) is 5.10 Å². The van der Waals surface area contributed by atoms with Gasteiger partial charge in [-0.05, 0) is 68.8 Å². The number of aromatic nitrogens is 2. The van der Waals surface area contributed by atoms with Gasteiger partial charge in [-0.25, -0.2) is 0 Å². The van der Waals surface area contributed by atoms with Crippen molar-refractivity contribution in [1.29, 1.82) is 0 Å². The van der Waals surface area contributed by atoms with Gasteiger partial charge in [-0.3, -0.25) is 9.48 Å². The van der Waals surface area contributed by atoms with Gasteiger partial charge in [0.15, 0.2) is 0 Å². The highest BCUT2D eigenvalue weighted by Crippen LogP contribution is 2.55. The van der Waals surface area contributed by atoms with E-state index in [9.17, 15) is 4.79 Å². The van der Waals surface area contributed by atoms with E-state index in [-0.39, 0.29) is 16.9 Å². The number of nitrogens with zero attached hydrogens (tertiary/aromatic N) is 2. The Morgan fingerprint density at radius 1 is 1.15 bits per heavy atom. The van der Waals surface area contributed by atoms with E-state index in [1.54, 1.807) is 0 Å². The van der Waals surface area contributed by atoms with Crippen molar-refractivity contribution in [2.45, 2.75) is 103 Å². The molecule has 4 heteroatoms. The second-order valence-corrected chi connectivity index (χ2v) is 10.7. The van der Waals surface area contributed by atoms with E-state index in [1.807, 2.05) is 10.7 Å². The summed E-state index contributed by atoms with van der Waals surface area (Å²) in [6.45, 7) is 9.57. The third kappa shape index (κ3) is 3.82. The fourth-order valence-corrected chi connectivity index (χ4v) is 6.22. The number of aryl methyl sites for hydroxylation is 1. The molecule has 4 nitrogen and oxygen atoms in total. The summed E-state index contributed by atoms with van der Waals surface area (Å²) in [5, 5.41) is 8.36. The molecule has 0 saturated heterocycles. The Labute approximate surface area is 164 Å². The van der Waals surface area contributed by atoms with Crippen LogP contribution < -0.4 is 5.32 Å². The van der Waals surface area contributed by atoms with Crippen LogP contribution in [0.1, 0.15) is 102 Å². The predicted octanol–water partition coefficient (Wildman–Crippen LogP) is 5.07. The molecule has 1 aromatic rings. The molecule has 27 heavy (non-hydrogen) atoms. The number of unbranched alkanes of at least 4 members (excludes halogenated alkanes) is 2. The van der Waals surface area contributed by atoms with Gasteiger partial charge >= 0.3 is 0 Å². The van der Waals surface area contributed by atoms with E-state index in [0.717, 1.165) is 42.1 Å². The van der Waals surface area contributed by atoms with Crippen molar-refractivity contribution >= 4 is 5.91 Å². The molecule has 4 saturated carbocycles. The molecule has 1 heterocycles. The lowest BCUT2D eigenvalue weighted by atomic mass is 9.53. The molecular weight excluding hydrogens is 334 g/mol. The van der Waals surface area contributed by atoms with Crippen molar-refractivity contribution in [2.24, 2.45) is 17.8 Å². The first-order valence-electron chi connectivity index (χ1n) is 11.2. The summed E-state index contributed by atoms with van der Waals surface area (Å²) in [5.41, 5.74) is 1.82. The minimum absolute atomic E-state index is 0.0360. The zero-order valence-electron chi connectivity index (χ0n) is 17.7. The van der Waals surface area contributed by atoms with Crippen LogP contribution in [0.5, 0.6) is 0 Å².